The lowest BCUT2D eigenvalue weighted by molar-refractivity contribution is -0.137. The molecule has 1 heterocycles. The smallest absolute Gasteiger partial charge is 0.261 e. The van der Waals surface area contributed by atoms with Crippen LogP contribution < -0.4 is 5.43 Å². The second-order valence-electron chi connectivity index (χ2n) is 4.25. The number of aromatic nitrogens is 1. The Morgan fingerprint density at radius 3 is 2.33 bits per heavy atom. The quantitative estimate of drug-likeness (QED) is 0.664. The van der Waals surface area contributed by atoms with Crippen LogP contribution in [0.4, 0.5) is 19.0 Å². The van der Waals surface area contributed by atoms with E-state index in [0.717, 1.165) is 17.8 Å². The summed E-state index contributed by atoms with van der Waals surface area (Å²) >= 11 is 5.78. The molecule has 0 fully saturated rings. The lowest BCUT2D eigenvalue weighted by Gasteiger charge is -2.07. The van der Waals surface area contributed by atoms with Crippen LogP contribution in [0.25, 0.3) is 0 Å². The van der Waals surface area contributed by atoms with Crippen LogP contribution in [0.2, 0.25) is 5.02 Å². The van der Waals surface area contributed by atoms with E-state index in [0.29, 0.717) is 10.7 Å². The van der Waals surface area contributed by atoms with Gasteiger partial charge in [-0.05, 0) is 36.8 Å². The van der Waals surface area contributed by atoms with Gasteiger partial charge in [0.25, 0.3) is 0 Å². The van der Waals surface area contributed by atoms with Crippen LogP contribution in [0.15, 0.2) is 47.7 Å². The second-order valence-corrected chi connectivity index (χ2v) is 4.68. The maximum atomic E-state index is 12.4. The number of halogens is 4. The molecule has 0 unspecified atom stereocenters. The topological polar surface area (TPSA) is 37.3 Å². The standard InChI is InChI=1S/C14H11ClF3N3/c1-9(10-2-5-12(15)6-3-10)20-21-13-7-4-11(8-19-13)14(16,17)18/h2-8H,1H3,(H,19,21)/b20-9-. The Balaban J connectivity index is 2.08. The van der Waals surface area contributed by atoms with Gasteiger partial charge in [0, 0.05) is 11.2 Å². The summed E-state index contributed by atoms with van der Waals surface area (Å²) in [7, 11) is 0. The summed E-state index contributed by atoms with van der Waals surface area (Å²) in [6.07, 6.45) is -3.64. The number of hydrazone groups is 1. The molecular formula is C14H11ClF3N3. The normalized spacial score (nSPS) is 12.3. The molecule has 0 saturated heterocycles. The van der Waals surface area contributed by atoms with Gasteiger partial charge in [0.1, 0.15) is 5.82 Å². The summed E-state index contributed by atoms with van der Waals surface area (Å²) < 4.78 is 37.2. The fourth-order valence-corrected chi connectivity index (χ4v) is 1.65. The molecule has 2 aromatic rings. The summed E-state index contributed by atoms with van der Waals surface area (Å²) in [5.74, 6) is 0.233. The molecule has 1 aromatic heterocycles. The van der Waals surface area contributed by atoms with Gasteiger partial charge in [-0.3, -0.25) is 5.43 Å². The van der Waals surface area contributed by atoms with E-state index in [1.807, 2.05) is 0 Å². The first-order chi connectivity index (χ1) is 9.86. The van der Waals surface area contributed by atoms with Crippen molar-refractivity contribution < 1.29 is 13.2 Å². The van der Waals surface area contributed by atoms with Gasteiger partial charge in [-0.25, -0.2) is 4.98 Å². The van der Waals surface area contributed by atoms with E-state index >= 15 is 0 Å². The van der Waals surface area contributed by atoms with Crippen LogP contribution in [0.1, 0.15) is 18.1 Å². The van der Waals surface area contributed by atoms with Gasteiger partial charge in [-0.2, -0.15) is 18.3 Å². The molecule has 0 aliphatic heterocycles. The number of nitrogens with zero attached hydrogens (tertiary/aromatic N) is 2. The van der Waals surface area contributed by atoms with Crippen LogP contribution in [-0.4, -0.2) is 10.7 Å². The maximum absolute atomic E-state index is 12.4. The molecule has 0 bridgehead atoms. The minimum absolute atomic E-state index is 0.233. The molecule has 3 nitrogen and oxygen atoms in total. The molecule has 2 rings (SSSR count). The van der Waals surface area contributed by atoms with Crippen molar-refractivity contribution in [3.05, 3.63) is 58.7 Å². The minimum atomic E-state index is -4.39. The zero-order valence-electron chi connectivity index (χ0n) is 10.9. The summed E-state index contributed by atoms with van der Waals surface area (Å²) in [4.78, 5) is 3.67. The van der Waals surface area contributed by atoms with Crippen LogP contribution in [-0.2, 0) is 6.18 Å². The van der Waals surface area contributed by atoms with E-state index in [2.05, 4.69) is 15.5 Å². The Labute approximate surface area is 124 Å². The molecule has 0 aliphatic rings. The van der Waals surface area contributed by atoms with Gasteiger partial charge in [0.2, 0.25) is 0 Å². The highest BCUT2D eigenvalue weighted by Crippen LogP contribution is 2.28. The molecular weight excluding hydrogens is 303 g/mol. The van der Waals surface area contributed by atoms with Gasteiger partial charge in [0.15, 0.2) is 0 Å². The van der Waals surface area contributed by atoms with E-state index in [1.54, 1.807) is 31.2 Å². The average Bonchev–Trinajstić information content (AvgIpc) is 2.45. The van der Waals surface area contributed by atoms with E-state index in [1.165, 1.54) is 6.07 Å². The fraction of sp³-hybridized carbons (Fsp3) is 0.143. The molecule has 1 N–H and O–H groups in total. The van der Waals surface area contributed by atoms with Gasteiger partial charge >= 0.3 is 6.18 Å². The highest BCUT2D eigenvalue weighted by Gasteiger charge is 2.30. The molecule has 0 saturated carbocycles. The predicted octanol–water partition coefficient (Wildman–Crippen LogP) is 4.59. The Morgan fingerprint density at radius 2 is 1.81 bits per heavy atom. The number of hydrogen-bond acceptors (Lipinski definition) is 3. The molecule has 110 valence electrons. The highest BCUT2D eigenvalue weighted by molar-refractivity contribution is 6.30. The highest BCUT2D eigenvalue weighted by atomic mass is 35.5. The van der Waals surface area contributed by atoms with E-state index in [9.17, 15) is 13.2 Å². The first kappa shape index (κ1) is 15.3. The van der Waals surface area contributed by atoms with Gasteiger partial charge in [0.05, 0.1) is 11.3 Å². The number of rotatable bonds is 3. The van der Waals surface area contributed by atoms with E-state index < -0.39 is 11.7 Å². The number of alkyl halides is 3. The minimum Gasteiger partial charge on any atom is -0.261 e. The van der Waals surface area contributed by atoms with Crippen molar-refractivity contribution in [2.45, 2.75) is 13.1 Å². The maximum Gasteiger partial charge on any atom is 0.417 e. The third-order valence-corrected chi connectivity index (χ3v) is 2.94. The third-order valence-electron chi connectivity index (χ3n) is 2.69. The summed E-state index contributed by atoms with van der Waals surface area (Å²) in [6.45, 7) is 1.76. The fourth-order valence-electron chi connectivity index (χ4n) is 1.52. The molecule has 0 amide bonds. The number of benzene rings is 1. The SMILES string of the molecule is C/C(=N/Nc1ccc(C(F)(F)F)cn1)c1ccc(Cl)cc1. The molecule has 1 aromatic carbocycles. The first-order valence-electron chi connectivity index (χ1n) is 5.96. The lowest BCUT2D eigenvalue weighted by Crippen LogP contribution is -2.06. The van der Waals surface area contributed by atoms with Crippen molar-refractivity contribution in [1.29, 1.82) is 0 Å². The molecule has 0 atom stereocenters. The number of hydrogen-bond donors (Lipinski definition) is 1. The molecule has 21 heavy (non-hydrogen) atoms. The zero-order valence-corrected chi connectivity index (χ0v) is 11.7. The first-order valence-corrected chi connectivity index (χ1v) is 6.33. The van der Waals surface area contributed by atoms with Crippen molar-refractivity contribution >= 4 is 23.1 Å². The average molecular weight is 314 g/mol. The van der Waals surface area contributed by atoms with Crippen molar-refractivity contribution in [2.24, 2.45) is 5.10 Å². The van der Waals surface area contributed by atoms with Crippen molar-refractivity contribution in [3.8, 4) is 0 Å². The van der Waals surface area contributed by atoms with Crippen molar-refractivity contribution in [1.82, 2.24) is 4.98 Å². The Kier molecular flexibility index (Phi) is 4.47. The van der Waals surface area contributed by atoms with Crippen molar-refractivity contribution in [3.63, 3.8) is 0 Å². The number of pyridine rings is 1. The van der Waals surface area contributed by atoms with Crippen LogP contribution in [0.3, 0.4) is 0 Å². The van der Waals surface area contributed by atoms with Crippen LogP contribution in [0, 0.1) is 0 Å². The van der Waals surface area contributed by atoms with E-state index in [-0.39, 0.29) is 5.82 Å². The zero-order chi connectivity index (χ0) is 15.5. The molecule has 7 heteroatoms. The summed E-state index contributed by atoms with van der Waals surface area (Å²) in [5.41, 5.74) is 3.32. The lowest BCUT2D eigenvalue weighted by atomic mass is 10.1. The monoisotopic (exact) mass is 313 g/mol. The van der Waals surface area contributed by atoms with Gasteiger partial charge < -0.3 is 0 Å². The largest absolute Gasteiger partial charge is 0.417 e. The van der Waals surface area contributed by atoms with Gasteiger partial charge in [-0.1, -0.05) is 23.7 Å². The Bertz CT molecular complexity index is 634. The molecule has 0 spiro atoms. The Morgan fingerprint density at radius 1 is 1.14 bits per heavy atom. The molecule has 0 radical (unpaired) electrons. The summed E-state index contributed by atoms with van der Waals surface area (Å²) in [5, 5.41) is 4.68. The number of anilines is 1. The van der Waals surface area contributed by atoms with E-state index in [4.69, 9.17) is 11.6 Å². The van der Waals surface area contributed by atoms with Crippen molar-refractivity contribution in [2.75, 3.05) is 5.43 Å². The van der Waals surface area contributed by atoms with Crippen LogP contribution in [0.5, 0.6) is 0 Å². The van der Waals surface area contributed by atoms with Crippen LogP contribution >= 0.6 is 11.6 Å². The third kappa shape index (κ3) is 4.19. The predicted molar refractivity (Wildman–Crippen MR) is 76.5 cm³/mol. The second kappa shape index (κ2) is 6.13. The summed E-state index contributed by atoms with van der Waals surface area (Å²) in [6, 6.07) is 9.22. The number of nitrogens with one attached hydrogen (secondary N) is 1. The Hall–Kier alpha value is -2.08. The van der Waals surface area contributed by atoms with Gasteiger partial charge in [-0.15, -0.1) is 0 Å². The molecule has 0 aliphatic carbocycles.